The molecular weight excluding hydrogens is 282 g/mol. The number of aromatic nitrogens is 2. The van der Waals surface area contributed by atoms with Crippen molar-refractivity contribution in [3.63, 3.8) is 0 Å². The highest BCUT2D eigenvalue weighted by Gasteiger charge is 2.37. The Morgan fingerprint density at radius 3 is 2.82 bits per heavy atom. The third-order valence-electron chi connectivity index (χ3n) is 4.37. The minimum Gasteiger partial charge on any atom is -0.463 e. The maximum absolute atomic E-state index is 12.1. The molecule has 2 fully saturated rings. The summed E-state index contributed by atoms with van der Waals surface area (Å²) < 4.78 is 7.17. The molecule has 1 amide bonds. The van der Waals surface area contributed by atoms with Crippen molar-refractivity contribution in [3.8, 4) is 0 Å². The minimum atomic E-state index is -0.299. The van der Waals surface area contributed by atoms with Gasteiger partial charge in [0.05, 0.1) is 18.2 Å². The van der Waals surface area contributed by atoms with Gasteiger partial charge in [-0.15, -0.1) is 0 Å². The number of nitrogens with zero attached hydrogens (tertiary/aromatic N) is 3. The molecule has 2 heterocycles. The lowest BCUT2D eigenvalue weighted by Crippen LogP contribution is -2.29. The van der Waals surface area contributed by atoms with Gasteiger partial charge in [-0.05, 0) is 38.7 Å². The lowest BCUT2D eigenvalue weighted by Gasteiger charge is -2.15. The van der Waals surface area contributed by atoms with Crippen molar-refractivity contribution in [2.45, 2.75) is 39.7 Å². The van der Waals surface area contributed by atoms with E-state index in [1.807, 2.05) is 29.5 Å². The fourth-order valence-corrected chi connectivity index (χ4v) is 2.97. The molecule has 22 heavy (non-hydrogen) atoms. The number of rotatable bonds is 6. The average molecular weight is 305 g/mol. The molecule has 1 aliphatic carbocycles. The predicted octanol–water partition coefficient (Wildman–Crippen LogP) is 1.30. The van der Waals surface area contributed by atoms with Gasteiger partial charge in [-0.2, -0.15) is 5.10 Å². The van der Waals surface area contributed by atoms with Crippen LogP contribution in [0.25, 0.3) is 0 Å². The molecule has 0 spiro atoms. The summed E-state index contributed by atoms with van der Waals surface area (Å²) in [6, 6.07) is 1.99. The van der Waals surface area contributed by atoms with E-state index in [1.165, 1.54) is 12.8 Å². The number of esters is 1. The Kier molecular flexibility index (Phi) is 4.18. The summed E-state index contributed by atoms with van der Waals surface area (Å²) >= 11 is 0. The van der Waals surface area contributed by atoms with Gasteiger partial charge in [0.2, 0.25) is 5.91 Å². The second-order valence-electron chi connectivity index (χ2n) is 6.46. The topological polar surface area (TPSA) is 64.4 Å². The Morgan fingerprint density at radius 2 is 2.18 bits per heavy atom. The van der Waals surface area contributed by atoms with Gasteiger partial charge in [0.25, 0.3) is 0 Å². The van der Waals surface area contributed by atoms with E-state index < -0.39 is 0 Å². The number of aryl methyl sites for hydroxylation is 2. The lowest BCUT2D eigenvalue weighted by molar-refractivity contribution is -0.148. The van der Waals surface area contributed by atoms with Crippen LogP contribution in [0.4, 0.5) is 0 Å². The molecule has 2 aliphatic rings. The standard InChI is InChI=1S/C16H23N3O3/c1-11-7-12(2)19(17-11)5-6-22-16(21)14-8-15(20)18(10-14)9-13-3-4-13/h7,13-14H,3-6,8-10H2,1-2H3/t14-/m0/s1. The van der Waals surface area contributed by atoms with Crippen LogP contribution in [0.3, 0.4) is 0 Å². The summed E-state index contributed by atoms with van der Waals surface area (Å²) in [7, 11) is 0. The van der Waals surface area contributed by atoms with Crippen LogP contribution in [0.2, 0.25) is 0 Å². The van der Waals surface area contributed by atoms with E-state index >= 15 is 0 Å². The molecule has 120 valence electrons. The molecular formula is C16H23N3O3. The first-order valence-electron chi connectivity index (χ1n) is 7.98. The molecule has 0 N–H and O–H groups in total. The van der Waals surface area contributed by atoms with E-state index in [-0.39, 0.29) is 17.8 Å². The van der Waals surface area contributed by atoms with Gasteiger partial charge in [0.15, 0.2) is 0 Å². The molecule has 6 heteroatoms. The van der Waals surface area contributed by atoms with Crippen LogP contribution >= 0.6 is 0 Å². The zero-order valence-electron chi connectivity index (χ0n) is 13.2. The molecule has 6 nitrogen and oxygen atoms in total. The monoisotopic (exact) mass is 305 g/mol. The van der Waals surface area contributed by atoms with E-state index in [4.69, 9.17) is 4.74 Å². The van der Waals surface area contributed by atoms with E-state index in [9.17, 15) is 9.59 Å². The van der Waals surface area contributed by atoms with Crippen LogP contribution < -0.4 is 0 Å². The Balaban J connectivity index is 1.44. The van der Waals surface area contributed by atoms with Gasteiger partial charge in [-0.1, -0.05) is 0 Å². The Bertz CT molecular complexity index is 577. The molecule has 1 aromatic rings. The fourth-order valence-electron chi connectivity index (χ4n) is 2.97. The van der Waals surface area contributed by atoms with E-state index in [1.54, 1.807) is 0 Å². The number of carbonyl (C=O) groups is 2. The first-order chi connectivity index (χ1) is 10.5. The van der Waals surface area contributed by atoms with Crippen LogP contribution in [0, 0.1) is 25.7 Å². The van der Waals surface area contributed by atoms with Crippen molar-refractivity contribution >= 4 is 11.9 Å². The largest absolute Gasteiger partial charge is 0.463 e. The zero-order valence-corrected chi connectivity index (χ0v) is 13.2. The van der Waals surface area contributed by atoms with Gasteiger partial charge < -0.3 is 9.64 Å². The normalized spacial score (nSPS) is 21.5. The lowest BCUT2D eigenvalue weighted by atomic mass is 10.1. The number of carbonyl (C=O) groups excluding carboxylic acids is 2. The summed E-state index contributed by atoms with van der Waals surface area (Å²) in [5.41, 5.74) is 2.01. The Hall–Kier alpha value is -1.85. The van der Waals surface area contributed by atoms with Crippen molar-refractivity contribution < 1.29 is 14.3 Å². The molecule has 1 aliphatic heterocycles. The zero-order chi connectivity index (χ0) is 15.7. The van der Waals surface area contributed by atoms with Gasteiger partial charge >= 0.3 is 5.97 Å². The quantitative estimate of drug-likeness (QED) is 0.743. The summed E-state index contributed by atoms with van der Waals surface area (Å²) in [5.74, 6) is 0.192. The van der Waals surface area contributed by atoms with Gasteiger partial charge in [-0.3, -0.25) is 14.3 Å². The van der Waals surface area contributed by atoms with Gasteiger partial charge in [0.1, 0.15) is 6.61 Å². The Labute approximate surface area is 130 Å². The summed E-state index contributed by atoms with van der Waals surface area (Å²) in [6.45, 7) is 6.11. The third-order valence-corrected chi connectivity index (χ3v) is 4.37. The number of likely N-dealkylation sites (tertiary alicyclic amines) is 1. The SMILES string of the molecule is Cc1cc(C)n(CCOC(=O)[C@H]2CC(=O)N(CC3CC3)C2)n1. The molecule has 0 unspecified atom stereocenters. The number of hydrogen-bond acceptors (Lipinski definition) is 4. The van der Waals surface area contributed by atoms with Crippen molar-refractivity contribution in [2.75, 3.05) is 19.7 Å². The number of hydrogen-bond donors (Lipinski definition) is 0. The third kappa shape index (κ3) is 3.48. The van der Waals surface area contributed by atoms with Crippen molar-refractivity contribution in [1.29, 1.82) is 0 Å². The highest BCUT2D eigenvalue weighted by atomic mass is 16.5. The first-order valence-corrected chi connectivity index (χ1v) is 7.98. The van der Waals surface area contributed by atoms with Crippen LogP contribution in [0.15, 0.2) is 6.07 Å². The highest BCUT2D eigenvalue weighted by molar-refractivity contribution is 5.86. The van der Waals surface area contributed by atoms with Crippen molar-refractivity contribution in [3.05, 3.63) is 17.5 Å². The van der Waals surface area contributed by atoms with Crippen LogP contribution in [0.5, 0.6) is 0 Å². The van der Waals surface area contributed by atoms with Crippen LogP contribution in [-0.4, -0.2) is 46.3 Å². The molecule has 3 rings (SSSR count). The molecule has 1 atom stereocenters. The van der Waals surface area contributed by atoms with E-state index in [0.29, 0.717) is 32.0 Å². The van der Waals surface area contributed by atoms with Gasteiger partial charge in [-0.25, -0.2) is 0 Å². The highest BCUT2D eigenvalue weighted by Crippen LogP contribution is 2.32. The fraction of sp³-hybridized carbons (Fsp3) is 0.688. The molecule has 1 aromatic heterocycles. The van der Waals surface area contributed by atoms with Crippen molar-refractivity contribution in [1.82, 2.24) is 14.7 Å². The predicted molar refractivity (Wildman–Crippen MR) is 80.1 cm³/mol. The Morgan fingerprint density at radius 1 is 1.41 bits per heavy atom. The molecule has 0 aromatic carbocycles. The number of ether oxygens (including phenoxy) is 1. The van der Waals surface area contributed by atoms with Gasteiger partial charge in [0, 0.05) is 25.2 Å². The number of amides is 1. The van der Waals surface area contributed by atoms with Crippen LogP contribution in [0.1, 0.15) is 30.7 Å². The molecule has 0 radical (unpaired) electrons. The summed E-state index contributed by atoms with van der Waals surface area (Å²) in [5, 5.41) is 4.33. The van der Waals surface area contributed by atoms with E-state index in [2.05, 4.69) is 5.10 Å². The molecule has 1 saturated heterocycles. The van der Waals surface area contributed by atoms with E-state index in [0.717, 1.165) is 17.9 Å². The second kappa shape index (κ2) is 6.10. The summed E-state index contributed by atoms with van der Waals surface area (Å²) in [4.78, 5) is 25.8. The maximum Gasteiger partial charge on any atom is 0.311 e. The second-order valence-corrected chi connectivity index (χ2v) is 6.46. The minimum absolute atomic E-state index is 0.0902. The molecule has 1 saturated carbocycles. The first kappa shape index (κ1) is 15.1. The van der Waals surface area contributed by atoms with Crippen molar-refractivity contribution in [2.24, 2.45) is 11.8 Å². The molecule has 0 bridgehead atoms. The average Bonchev–Trinajstić information content (AvgIpc) is 3.12. The smallest absolute Gasteiger partial charge is 0.311 e. The maximum atomic E-state index is 12.1. The summed E-state index contributed by atoms with van der Waals surface area (Å²) in [6.07, 6.45) is 2.72. The van der Waals surface area contributed by atoms with Crippen LogP contribution in [-0.2, 0) is 20.9 Å².